The SMILES string of the molecule is OCC(Cc1ccccc1)NCc1cc(F)ccc1Br. The van der Waals surface area contributed by atoms with Crippen LogP contribution in [0, 0.1) is 5.82 Å². The standard InChI is InChI=1S/C16H17BrFNO/c17-16-7-6-14(18)9-13(16)10-19-15(11-20)8-12-4-2-1-3-5-12/h1-7,9,15,19-20H,8,10-11H2. The number of nitrogens with one attached hydrogen (secondary N) is 1. The van der Waals surface area contributed by atoms with Crippen molar-refractivity contribution in [3.8, 4) is 0 Å². The fourth-order valence-corrected chi connectivity index (χ4v) is 2.42. The van der Waals surface area contributed by atoms with Crippen LogP contribution in [0.5, 0.6) is 0 Å². The summed E-state index contributed by atoms with van der Waals surface area (Å²) in [5, 5.41) is 12.7. The molecule has 0 aromatic heterocycles. The van der Waals surface area contributed by atoms with Gasteiger partial charge in [0.2, 0.25) is 0 Å². The van der Waals surface area contributed by atoms with Crippen molar-refractivity contribution in [3.05, 3.63) is 69.9 Å². The Labute approximate surface area is 126 Å². The van der Waals surface area contributed by atoms with E-state index in [1.165, 1.54) is 12.1 Å². The Morgan fingerprint density at radius 1 is 1.15 bits per heavy atom. The summed E-state index contributed by atoms with van der Waals surface area (Å²) in [4.78, 5) is 0. The van der Waals surface area contributed by atoms with Crippen molar-refractivity contribution in [1.29, 1.82) is 0 Å². The molecule has 0 bridgehead atoms. The molecule has 4 heteroatoms. The predicted octanol–water partition coefficient (Wildman–Crippen LogP) is 3.28. The van der Waals surface area contributed by atoms with Crippen LogP contribution in [0.1, 0.15) is 11.1 Å². The molecule has 1 atom stereocenters. The van der Waals surface area contributed by atoms with Crippen molar-refractivity contribution in [3.63, 3.8) is 0 Å². The minimum Gasteiger partial charge on any atom is -0.395 e. The zero-order valence-electron chi connectivity index (χ0n) is 11.0. The third-order valence-electron chi connectivity index (χ3n) is 3.13. The first-order chi connectivity index (χ1) is 9.69. The molecule has 0 heterocycles. The van der Waals surface area contributed by atoms with Gasteiger partial charge in [-0.05, 0) is 35.7 Å². The molecule has 0 saturated carbocycles. The van der Waals surface area contributed by atoms with Gasteiger partial charge < -0.3 is 10.4 Å². The summed E-state index contributed by atoms with van der Waals surface area (Å²) in [5.74, 6) is -0.256. The molecule has 0 aliphatic carbocycles. The molecule has 0 aliphatic rings. The van der Waals surface area contributed by atoms with Gasteiger partial charge >= 0.3 is 0 Å². The van der Waals surface area contributed by atoms with Crippen LogP contribution in [-0.2, 0) is 13.0 Å². The van der Waals surface area contributed by atoms with E-state index in [1.54, 1.807) is 6.07 Å². The normalized spacial score (nSPS) is 12.3. The van der Waals surface area contributed by atoms with Crippen LogP contribution in [-0.4, -0.2) is 17.8 Å². The Morgan fingerprint density at radius 3 is 2.60 bits per heavy atom. The lowest BCUT2D eigenvalue weighted by molar-refractivity contribution is 0.240. The van der Waals surface area contributed by atoms with E-state index < -0.39 is 0 Å². The molecular weight excluding hydrogens is 321 g/mol. The van der Waals surface area contributed by atoms with Crippen LogP contribution in [0.25, 0.3) is 0 Å². The minimum absolute atomic E-state index is 0.0435. The van der Waals surface area contributed by atoms with Gasteiger partial charge in [0.05, 0.1) is 6.61 Å². The Hall–Kier alpha value is -1.23. The van der Waals surface area contributed by atoms with Gasteiger partial charge in [-0.1, -0.05) is 46.3 Å². The van der Waals surface area contributed by atoms with E-state index in [-0.39, 0.29) is 18.5 Å². The molecule has 20 heavy (non-hydrogen) atoms. The number of hydrogen-bond donors (Lipinski definition) is 2. The minimum atomic E-state index is -0.256. The average Bonchev–Trinajstić information content (AvgIpc) is 2.47. The highest BCUT2D eigenvalue weighted by Gasteiger charge is 2.09. The number of benzene rings is 2. The molecule has 0 saturated heterocycles. The van der Waals surface area contributed by atoms with Crippen LogP contribution >= 0.6 is 15.9 Å². The highest BCUT2D eigenvalue weighted by Crippen LogP contribution is 2.17. The predicted molar refractivity (Wildman–Crippen MR) is 82.0 cm³/mol. The fraction of sp³-hybridized carbons (Fsp3) is 0.250. The molecule has 0 aliphatic heterocycles. The molecular formula is C16H17BrFNO. The second-order valence-electron chi connectivity index (χ2n) is 4.69. The molecule has 2 aromatic carbocycles. The Morgan fingerprint density at radius 2 is 1.90 bits per heavy atom. The van der Waals surface area contributed by atoms with E-state index in [2.05, 4.69) is 21.2 Å². The highest BCUT2D eigenvalue weighted by atomic mass is 79.9. The molecule has 2 rings (SSSR count). The van der Waals surface area contributed by atoms with E-state index in [1.807, 2.05) is 30.3 Å². The van der Waals surface area contributed by atoms with E-state index in [0.29, 0.717) is 6.54 Å². The van der Waals surface area contributed by atoms with Gasteiger partial charge in [0.15, 0.2) is 0 Å². The Kier molecular flexibility index (Phi) is 5.71. The molecule has 2 aromatic rings. The van der Waals surface area contributed by atoms with Gasteiger partial charge in [-0.15, -0.1) is 0 Å². The van der Waals surface area contributed by atoms with E-state index in [9.17, 15) is 9.50 Å². The maximum absolute atomic E-state index is 13.2. The van der Waals surface area contributed by atoms with Crippen LogP contribution < -0.4 is 5.32 Å². The number of rotatable bonds is 6. The average molecular weight is 338 g/mol. The largest absolute Gasteiger partial charge is 0.395 e. The molecule has 0 radical (unpaired) electrons. The second-order valence-corrected chi connectivity index (χ2v) is 5.54. The van der Waals surface area contributed by atoms with Crippen molar-refractivity contribution < 1.29 is 9.50 Å². The zero-order valence-corrected chi connectivity index (χ0v) is 12.6. The van der Waals surface area contributed by atoms with Gasteiger partial charge in [0.1, 0.15) is 5.82 Å². The molecule has 0 fully saturated rings. The summed E-state index contributed by atoms with van der Waals surface area (Å²) in [6.45, 7) is 0.554. The topological polar surface area (TPSA) is 32.3 Å². The van der Waals surface area contributed by atoms with Crippen LogP contribution in [0.15, 0.2) is 53.0 Å². The lowest BCUT2D eigenvalue weighted by Crippen LogP contribution is -2.34. The number of hydrogen-bond acceptors (Lipinski definition) is 2. The molecule has 2 nitrogen and oxygen atoms in total. The van der Waals surface area contributed by atoms with Gasteiger partial charge in [0.25, 0.3) is 0 Å². The maximum Gasteiger partial charge on any atom is 0.123 e. The quantitative estimate of drug-likeness (QED) is 0.847. The van der Waals surface area contributed by atoms with Gasteiger partial charge in [-0.25, -0.2) is 4.39 Å². The van der Waals surface area contributed by atoms with Gasteiger partial charge in [-0.2, -0.15) is 0 Å². The van der Waals surface area contributed by atoms with E-state index in [0.717, 1.165) is 22.0 Å². The smallest absolute Gasteiger partial charge is 0.123 e. The second kappa shape index (κ2) is 7.53. The van der Waals surface area contributed by atoms with Crippen molar-refractivity contribution in [2.24, 2.45) is 0 Å². The third-order valence-corrected chi connectivity index (χ3v) is 3.91. The summed E-state index contributed by atoms with van der Waals surface area (Å²) >= 11 is 3.40. The van der Waals surface area contributed by atoms with Crippen LogP contribution in [0.3, 0.4) is 0 Å². The van der Waals surface area contributed by atoms with Crippen molar-refractivity contribution >= 4 is 15.9 Å². The number of aliphatic hydroxyl groups is 1. The first-order valence-electron chi connectivity index (χ1n) is 6.51. The Bertz CT molecular complexity index is 547. The van der Waals surface area contributed by atoms with Crippen LogP contribution in [0.2, 0.25) is 0 Å². The molecule has 1 unspecified atom stereocenters. The summed E-state index contributed by atoms with van der Waals surface area (Å²) in [6.07, 6.45) is 0.740. The van der Waals surface area contributed by atoms with Crippen LogP contribution in [0.4, 0.5) is 4.39 Å². The maximum atomic E-state index is 13.2. The van der Waals surface area contributed by atoms with Crippen molar-refractivity contribution in [2.75, 3.05) is 6.61 Å². The van der Waals surface area contributed by atoms with E-state index >= 15 is 0 Å². The first kappa shape index (κ1) is 15.2. The molecule has 0 spiro atoms. The highest BCUT2D eigenvalue weighted by molar-refractivity contribution is 9.10. The van der Waals surface area contributed by atoms with Gasteiger partial charge in [-0.3, -0.25) is 0 Å². The van der Waals surface area contributed by atoms with Crippen molar-refractivity contribution in [2.45, 2.75) is 19.0 Å². The summed E-state index contributed by atoms with van der Waals surface area (Å²) < 4.78 is 14.1. The summed E-state index contributed by atoms with van der Waals surface area (Å²) in [5.41, 5.74) is 2.01. The van der Waals surface area contributed by atoms with E-state index in [4.69, 9.17) is 0 Å². The number of halogens is 2. The lowest BCUT2D eigenvalue weighted by atomic mass is 10.1. The summed E-state index contributed by atoms with van der Waals surface area (Å²) in [7, 11) is 0. The summed E-state index contributed by atoms with van der Waals surface area (Å²) in [6, 6.07) is 14.5. The molecule has 0 amide bonds. The molecule has 2 N–H and O–H groups in total. The van der Waals surface area contributed by atoms with Gasteiger partial charge in [0, 0.05) is 17.1 Å². The Balaban J connectivity index is 1.95. The number of aliphatic hydroxyl groups excluding tert-OH is 1. The molecule has 106 valence electrons. The van der Waals surface area contributed by atoms with Crippen molar-refractivity contribution in [1.82, 2.24) is 5.32 Å². The monoisotopic (exact) mass is 337 g/mol. The third kappa shape index (κ3) is 4.40. The fourth-order valence-electron chi connectivity index (χ4n) is 2.03. The lowest BCUT2D eigenvalue weighted by Gasteiger charge is -2.17. The first-order valence-corrected chi connectivity index (χ1v) is 7.30. The zero-order chi connectivity index (χ0) is 14.4.